The average molecular weight is 387 g/mol. The number of fused-ring (bicyclic) bond motifs is 1. The summed E-state index contributed by atoms with van der Waals surface area (Å²) in [4.78, 5) is 25.6. The Morgan fingerprint density at radius 1 is 1.21 bits per heavy atom. The first-order valence-electron chi connectivity index (χ1n) is 7.97. The van der Waals surface area contributed by atoms with Crippen LogP contribution in [0.2, 0.25) is 0 Å². The molecule has 0 radical (unpaired) electrons. The van der Waals surface area contributed by atoms with E-state index in [2.05, 4.69) is 21.2 Å². The maximum Gasteiger partial charge on any atom is 0.227 e. The van der Waals surface area contributed by atoms with Crippen LogP contribution in [-0.2, 0) is 22.4 Å². The van der Waals surface area contributed by atoms with Crippen LogP contribution in [0.25, 0.3) is 0 Å². The van der Waals surface area contributed by atoms with E-state index in [1.165, 1.54) is 0 Å². The van der Waals surface area contributed by atoms with Crippen LogP contribution in [0.5, 0.6) is 0 Å². The molecular weight excluding hydrogens is 368 g/mol. The predicted octanol–water partition coefficient (Wildman–Crippen LogP) is 3.93. The van der Waals surface area contributed by atoms with Crippen LogP contribution in [0.1, 0.15) is 24.0 Å². The van der Waals surface area contributed by atoms with Gasteiger partial charge in [-0.2, -0.15) is 0 Å². The zero-order valence-electron chi connectivity index (χ0n) is 13.5. The van der Waals surface area contributed by atoms with Crippen molar-refractivity contribution in [1.29, 1.82) is 0 Å². The Morgan fingerprint density at radius 3 is 2.79 bits per heavy atom. The van der Waals surface area contributed by atoms with Crippen molar-refractivity contribution in [2.24, 2.45) is 0 Å². The van der Waals surface area contributed by atoms with Gasteiger partial charge < -0.3 is 10.2 Å². The Kier molecular flexibility index (Phi) is 5.00. The Labute approximate surface area is 150 Å². The van der Waals surface area contributed by atoms with Crippen LogP contribution in [0.4, 0.5) is 11.4 Å². The third-order valence-electron chi connectivity index (χ3n) is 4.29. The zero-order chi connectivity index (χ0) is 17.1. The fraction of sp³-hybridized carbons (Fsp3) is 0.263. The summed E-state index contributed by atoms with van der Waals surface area (Å²) in [5.74, 6) is 0.124. The van der Waals surface area contributed by atoms with Crippen molar-refractivity contribution < 1.29 is 9.59 Å². The number of nitrogens with one attached hydrogen (secondary N) is 1. The third kappa shape index (κ3) is 3.67. The van der Waals surface area contributed by atoms with Gasteiger partial charge in [0.15, 0.2) is 0 Å². The molecule has 4 nitrogen and oxygen atoms in total. The van der Waals surface area contributed by atoms with Gasteiger partial charge in [-0.3, -0.25) is 9.59 Å². The largest absolute Gasteiger partial charge is 0.326 e. The summed E-state index contributed by atoms with van der Waals surface area (Å²) in [6, 6.07) is 13.6. The average Bonchev–Trinajstić information content (AvgIpc) is 2.57. The van der Waals surface area contributed by atoms with Gasteiger partial charge in [-0.1, -0.05) is 34.1 Å². The lowest BCUT2D eigenvalue weighted by Gasteiger charge is -2.26. The zero-order valence-corrected chi connectivity index (χ0v) is 15.1. The molecule has 0 saturated heterocycles. The van der Waals surface area contributed by atoms with Crippen molar-refractivity contribution in [2.75, 3.05) is 17.3 Å². The lowest BCUT2D eigenvalue weighted by Crippen LogP contribution is -2.31. The lowest BCUT2D eigenvalue weighted by atomic mass is 10.0. The number of halogens is 1. The second kappa shape index (κ2) is 7.18. The summed E-state index contributed by atoms with van der Waals surface area (Å²) in [5.41, 5.74) is 3.94. The van der Waals surface area contributed by atoms with Crippen molar-refractivity contribution in [3.8, 4) is 0 Å². The summed E-state index contributed by atoms with van der Waals surface area (Å²) < 4.78 is 1.03. The van der Waals surface area contributed by atoms with Crippen molar-refractivity contribution in [3.63, 3.8) is 0 Å². The summed E-state index contributed by atoms with van der Waals surface area (Å²) in [7, 11) is 1.79. The molecule has 0 aromatic heterocycles. The number of carbonyl (C=O) groups excluding carboxylic acids is 2. The number of carbonyl (C=O) groups is 2. The number of rotatable bonds is 4. The minimum atomic E-state index is -0.00839. The van der Waals surface area contributed by atoms with Gasteiger partial charge in [0.2, 0.25) is 11.8 Å². The first-order chi connectivity index (χ1) is 11.5. The van der Waals surface area contributed by atoms with E-state index in [4.69, 9.17) is 0 Å². The Morgan fingerprint density at radius 2 is 2.00 bits per heavy atom. The molecule has 5 heteroatoms. The highest BCUT2D eigenvalue weighted by atomic mass is 79.9. The van der Waals surface area contributed by atoms with Crippen LogP contribution in [-0.4, -0.2) is 18.9 Å². The maximum absolute atomic E-state index is 12.2. The highest BCUT2D eigenvalue weighted by Crippen LogP contribution is 2.29. The molecule has 0 unspecified atom stereocenters. The summed E-state index contributed by atoms with van der Waals surface area (Å²) in [6.45, 7) is 0. The maximum atomic E-state index is 12.2. The highest BCUT2D eigenvalue weighted by molar-refractivity contribution is 9.10. The lowest BCUT2D eigenvalue weighted by molar-refractivity contribution is -0.118. The number of aryl methyl sites for hydroxylation is 2. The fourth-order valence-electron chi connectivity index (χ4n) is 2.91. The number of hydrogen-bond donors (Lipinski definition) is 1. The minimum absolute atomic E-state index is 0.00839. The molecule has 0 saturated carbocycles. The van der Waals surface area contributed by atoms with E-state index in [1.54, 1.807) is 11.9 Å². The van der Waals surface area contributed by atoms with E-state index < -0.39 is 0 Å². The van der Waals surface area contributed by atoms with E-state index >= 15 is 0 Å². The molecule has 0 spiro atoms. The molecule has 1 heterocycles. The Balaban J connectivity index is 1.63. The molecule has 124 valence electrons. The summed E-state index contributed by atoms with van der Waals surface area (Å²) >= 11 is 3.50. The van der Waals surface area contributed by atoms with Crippen molar-refractivity contribution in [3.05, 3.63) is 58.1 Å². The molecule has 0 aliphatic carbocycles. The first kappa shape index (κ1) is 16.7. The van der Waals surface area contributed by atoms with Gasteiger partial charge in [0.25, 0.3) is 0 Å². The first-order valence-corrected chi connectivity index (χ1v) is 8.76. The van der Waals surface area contributed by atoms with E-state index in [1.807, 2.05) is 42.5 Å². The smallest absolute Gasteiger partial charge is 0.227 e. The highest BCUT2D eigenvalue weighted by Gasteiger charge is 2.20. The number of benzene rings is 2. The second-order valence-corrected chi connectivity index (χ2v) is 6.79. The molecule has 2 aromatic carbocycles. The molecule has 2 amide bonds. The van der Waals surface area contributed by atoms with E-state index in [-0.39, 0.29) is 11.8 Å². The number of hydrogen-bond acceptors (Lipinski definition) is 2. The molecule has 1 aliphatic rings. The molecule has 1 aliphatic heterocycles. The van der Waals surface area contributed by atoms with Crippen LogP contribution in [0.15, 0.2) is 46.9 Å². The van der Waals surface area contributed by atoms with E-state index in [0.29, 0.717) is 19.3 Å². The van der Waals surface area contributed by atoms with Gasteiger partial charge in [-0.05, 0) is 48.2 Å². The summed E-state index contributed by atoms with van der Waals surface area (Å²) in [5, 5.41) is 2.95. The van der Waals surface area contributed by atoms with Gasteiger partial charge in [0.1, 0.15) is 0 Å². The number of amides is 2. The number of nitrogens with zero attached hydrogens (tertiary/aromatic N) is 1. The van der Waals surface area contributed by atoms with Gasteiger partial charge in [-0.25, -0.2) is 0 Å². The molecule has 0 fully saturated rings. The van der Waals surface area contributed by atoms with Gasteiger partial charge in [-0.15, -0.1) is 0 Å². The van der Waals surface area contributed by atoms with Crippen LogP contribution < -0.4 is 10.2 Å². The molecule has 0 atom stereocenters. The molecule has 3 rings (SSSR count). The summed E-state index contributed by atoms with van der Waals surface area (Å²) in [6.07, 6.45) is 2.36. The van der Waals surface area contributed by atoms with Crippen LogP contribution >= 0.6 is 15.9 Å². The van der Waals surface area contributed by atoms with Crippen molar-refractivity contribution >= 4 is 39.1 Å². The Hall–Kier alpha value is -2.14. The third-order valence-corrected chi connectivity index (χ3v) is 5.06. The minimum Gasteiger partial charge on any atom is -0.326 e. The predicted molar refractivity (Wildman–Crippen MR) is 99.3 cm³/mol. The normalized spacial score (nSPS) is 13.6. The van der Waals surface area contributed by atoms with Crippen molar-refractivity contribution in [2.45, 2.75) is 25.7 Å². The standard InChI is InChI=1S/C19H19BrN2O2/c1-22-17-9-8-15(12-14(17)7-11-19(22)24)21-18(23)10-6-13-4-2-3-5-16(13)20/h2-5,8-9,12H,6-7,10-11H2,1H3,(H,21,23). The molecule has 24 heavy (non-hydrogen) atoms. The van der Waals surface area contributed by atoms with Crippen molar-refractivity contribution in [1.82, 2.24) is 0 Å². The Bertz CT molecular complexity index is 789. The molecule has 2 aromatic rings. The monoisotopic (exact) mass is 386 g/mol. The number of anilines is 2. The SMILES string of the molecule is CN1C(=O)CCc2cc(NC(=O)CCc3ccccc3Br)ccc21. The van der Waals surface area contributed by atoms with Crippen LogP contribution in [0.3, 0.4) is 0 Å². The van der Waals surface area contributed by atoms with Gasteiger partial charge >= 0.3 is 0 Å². The topological polar surface area (TPSA) is 49.4 Å². The van der Waals surface area contributed by atoms with Gasteiger partial charge in [0, 0.05) is 35.7 Å². The van der Waals surface area contributed by atoms with E-state index in [9.17, 15) is 9.59 Å². The molecular formula is C19H19BrN2O2. The molecule has 0 bridgehead atoms. The van der Waals surface area contributed by atoms with E-state index in [0.717, 1.165) is 33.4 Å². The second-order valence-electron chi connectivity index (χ2n) is 5.94. The fourth-order valence-corrected chi connectivity index (χ4v) is 3.39. The van der Waals surface area contributed by atoms with Crippen LogP contribution in [0, 0.1) is 0 Å². The molecule has 1 N–H and O–H groups in total. The van der Waals surface area contributed by atoms with Gasteiger partial charge in [0.05, 0.1) is 0 Å². The quantitative estimate of drug-likeness (QED) is 0.864.